The van der Waals surface area contributed by atoms with Crippen molar-refractivity contribution in [2.75, 3.05) is 53.2 Å². The zero-order valence-electron chi connectivity index (χ0n) is 22.4. The highest BCUT2D eigenvalue weighted by atomic mass is 16.5. The molecule has 3 aromatic rings. The molecular weight excluding hydrogens is 482 g/mol. The number of hydrogen-bond donors (Lipinski definition) is 0. The van der Waals surface area contributed by atoms with E-state index in [2.05, 4.69) is 27.5 Å². The monoisotopic (exact) mass is 517 g/mol. The van der Waals surface area contributed by atoms with Crippen molar-refractivity contribution in [1.82, 2.24) is 14.4 Å². The van der Waals surface area contributed by atoms with Crippen LogP contribution >= 0.6 is 0 Å². The van der Waals surface area contributed by atoms with E-state index in [0.717, 1.165) is 98.0 Å². The van der Waals surface area contributed by atoms with Crippen LogP contribution in [-0.2, 0) is 17.8 Å². The average molecular weight is 518 g/mol. The lowest BCUT2D eigenvalue weighted by atomic mass is 10.00. The molecule has 8 nitrogen and oxygen atoms in total. The molecule has 0 unspecified atom stereocenters. The second kappa shape index (κ2) is 10.4. The summed E-state index contributed by atoms with van der Waals surface area (Å²) in [5, 5.41) is 1.03. The standard InChI is InChI=1S/C30H35N3O5/c1-4-33-18-21(24-16-23(35-3)6-7-26(24)33)15-27-28(34)25-14-22-17-32(9-5-8-31-10-12-36-13-11-31)19-37-29(22)20(2)30(25)38-27/h6-7,14-16,18H,4-5,8-13,17,19H2,1-3H3/b27-15-. The van der Waals surface area contributed by atoms with Gasteiger partial charge in [-0.05, 0) is 57.2 Å². The lowest BCUT2D eigenvalue weighted by molar-refractivity contribution is 0.0329. The molecule has 6 rings (SSSR count). The Morgan fingerprint density at radius 2 is 1.89 bits per heavy atom. The molecule has 0 spiro atoms. The Bertz CT molecular complexity index is 1400. The largest absolute Gasteiger partial charge is 0.497 e. The fourth-order valence-corrected chi connectivity index (χ4v) is 5.73. The van der Waals surface area contributed by atoms with Crippen molar-refractivity contribution in [3.8, 4) is 17.2 Å². The predicted octanol–water partition coefficient (Wildman–Crippen LogP) is 4.47. The molecule has 0 radical (unpaired) electrons. The Balaban J connectivity index is 1.22. The number of carbonyl (C=O) groups excluding carboxylic acids is 1. The summed E-state index contributed by atoms with van der Waals surface area (Å²) in [6.07, 6.45) is 4.99. The van der Waals surface area contributed by atoms with Crippen LogP contribution in [0.2, 0.25) is 0 Å². The van der Waals surface area contributed by atoms with Crippen LogP contribution < -0.4 is 14.2 Å². The molecule has 0 bridgehead atoms. The number of methoxy groups -OCH3 is 1. The van der Waals surface area contributed by atoms with Gasteiger partial charge >= 0.3 is 0 Å². The van der Waals surface area contributed by atoms with Crippen molar-refractivity contribution in [2.45, 2.75) is 33.4 Å². The van der Waals surface area contributed by atoms with Crippen LogP contribution in [0.5, 0.6) is 17.2 Å². The first-order chi connectivity index (χ1) is 18.6. The van der Waals surface area contributed by atoms with Crippen LogP contribution in [0, 0.1) is 6.92 Å². The second-order valence-electron chi connectivity index (χ2n) is 10.2. The number of aryl methyl sites for hydroxylation is 1. The Morgan fingerprint density at radius 3 is 2.68 bits per heavy atom. The van der Waals surface area contributed by atoms with Crippen molar-refractivity contribution in [3.63, 3.8) is 0 Å². The summed E-state index contributed by atoms with van der Waals surface area (Å²) in [6.45, 7) is 11.9. The molecule has 0 atom stereocenters. The summed E-state index contributed by atoms with van der Waals surface area (Å²) in [4.78, 5) is 18.3. The van der Waals surface area contributed by atoms with Crippen molar-refractivity contribution in [3.05, 3.63) is 58.5 Å². The van der Waals surface area contributed by atoms with Gasteiger partial charge in [-0.25, -0.2) is 0 Å². The van der Waals surface area contributed by atoms with Gasteiger partial charge in [0.05, 0.1) is 25.9 Å². The summed E-state index contributed by atoms with van der Waals surface area (Å²) in [5.74, 6) is 2.48. The number of hydrogen-bond acceptors (Lipinski definition) is 7. The van der Waals surface area contributed by atoms with Gasteiger partial charge in [0.1, 0.15) is 24.0 Å². The third-order valence-electron chi connectivity index (χ3n) is 7.80. The molecule has 0 amide bonds. The van der Waals surface area contributed by atoms with Crippen LogP contribution in [-0.4, -0.2) is 73.4 Å². The first kappa shape index (κ1) is 25.0. The van der Waals surface area contributed by atoms with Gasteiger partial charge in [0, 0.05) is 66.5 Å². The molecule has 1 saturated heterocycles. The zero-order valence-corrected chi connectivity index (χ0v) is 22.4. The maximum absolute atomic E-state index is 13.5. The predicted molar refractivity (Wildman–Crippen MR) is 146 cm³/mol. The van der Waals surface area contributed by atoms with Gasteiger partial charge in [-0.3, -0.25) is 14.6 Å². The van der Waals surface area contributed by atoms with Gasteiger partial charge in [-0.2, -0.15) is 0 Å². The van der Waals surface area contributed by atoms with E-state index in [9.17, 15) is 4.79 Å². The molecule has 3 aliphatic rings. The Hall–Kier alpha value is -3.33. The first-order valence-electron chi connectivity index (χ1n) is 13.5. The molecule has 2 aromatic carbocycles. The number of fused-ring (bicyclic) bond motifs is 3. The van der Waals surface area contributed by atoms with Gasteiger partial charge in [0.25, 0.3) is 0 Å². The highest BCUT2D eigenvalue weighted by Crippen LogP contribution is 2.43. The lowest BCUT2D eigenvalue weighted by Gasteiger charge is -2.31. The normalized spacial score (nSPS) is 18.9. The summed E-state index contributed by atoms with van der Waals surface area (Å²) in [5.41, 5.74) is 4.58. The molecule has 200 valence electrons. The number of morpholine rings is 1. The molecule has 1 fully saturated rings. The van der Waals surface area contributed by atoms with E-state index in [1.54, 1.807) is 7.11 Å². The van der Waals surface area contributed by atoms with E-state index < -0.39 is 0 Å². The average Bonchev–Trinajstić information content (AvgIpc) is 3.46. The number of carbonyl (C=O) groups is 1. The number of ketones is 1. The van der Waals surface area contributed by atoms with Crippen molar-refractivity contribution in [2.24, 2.45) is 0 Å². The summed E-state index contributed by atoms with van der Waals surface area (Å²) < 4.78 is 25.4. The van der Waals surface area contributed by atoms with Crippen molar-refractivity contribution < 1.29 is 23.7 Å². The first-order valence-corrected chi connectivity index (χ1v) is 13.5. The van der Waals surface area contributed by atoms with Crippen LogP contribution in [0.4, 0.5) is 0 Å². The van der Waals surface area contributed by atoms with Crippen LogP contribution in [0.3, 0.4) is 0 Å². The fourth-order valence-electron chi connectivity index (χ4n) is 5.73. The third kappa shape index (κ3) is 4.57. The summed E-state index contributed by atoms with van der Waals surface area (Å²) in [6, 6.07) is 7.98. The number of Topliss-reactive ketones (excluding diaryl/α,β-unsaturated/α-hetero) is 1. The maximum atomic E-state index is 13.5. The van der Waals surface area contributed by atoms with E-state index in [1.165, 1.54) is 0 Å². The molecule has 1 aromatic heterocycles. The van der Waals surface area contributed by atoms with Crippen molar-refractivity contribution in [1.29, 1.82) is 0 Å². The number of nitrogens with zero attached hydrogens (tertiary/aromatic N) is 3. The second-order valence-corrected chi connectivity index (χ2v) is 10.2. The minimum absolute atomic E-state index is 0.0874. The molecule has 4 heterocycles. The fraction of sp³-hybridized carbons (Fsp3) is 0.433. The lowest BCUT2D eigenvalue weighted by Crippen LogP contribution is -2.39. The Labute approximate surface area is 223 Å². The zero-order chi connectivity index (χ0) is 26.2. The molecular formula is C30H35N3O5. The molecule has 0 saturated carbocycles. The molecule has 8 heteroatoms. The molecule has 38 heavy (non-hydrogen) atoms. The molecule has 0 N–H and O–H groups in total. The number of allylic oxidation sites excluding steroid dienone is 1. The van der Waals surface area contributed by atoms with Crippen molar-refractivity contribution >= 4 is 22.8 Å². The topological polar surface area (TPSA) is 65.4 Å². The Kier molecular flexibility index (Phi) is 6.86. The van der Waals surface area contributed by atoms with Crippen LogP contribution in [0.25, 0.3) is 17.0 Å². The van der Waals surface area contributed by atoms with Gasteiger partial charge in [-0.1, -0.05) is 0 Å². The number of ether oxygens (including phenoxy) is 4. The SMILES string of the molecule is CCn1cc(/C=C2\Oc3c(cc4c(c3C)OCN(CCCN3CCOCC3)C4)C2=O)c2cc(OC)ccc21. The van der Waals surface area contributed by atoms with Gasteiger partial charge in [0.2, 0.25) is 5.78 Å². The smallest absolute Gasteiger partial charge is 0.231 e. The molecule has 0 aliphatic carbocycles. The number of aromatic nitrogens is 1. The van der Waals surface area contributed by atoms with Gasteiger partial charge < -0.3 is 23.5 Å². The van der Waals surface area contributed by atoms with E-state index in [4.69, 9.17) is 18.9 Å². The van der Waals surface area contributed by atoms with E-state index in [-0.39, 0.29) is 5.78 Å². The van der Waals surface area contributed by atoms with Crippen LogP contribution in [0.1, 0.15) is 40.4 Å². The van der Waals surface area contributed by atoms with Gasteiger partial charge in [0.15, 0.2) is 5.76 Å². The quantitative estimate of drug-likeness (QED) is 0.429. The third-order valence-corrected chi connectivity index (χ3v) is 7.80. The maximum Gasteiger partial charge on any atom is 0.231 e. The number of benzene rings is 2. The Morgan fingerprint density at radius 1 is 1.08 bits per heavy atom. The van der Waals surface area contributed by atoms with E-state index in [0.29, 0.717) is 23.8 Å². The van der Waals surface area contributed by atoms with E-state index >= 15 is 0 Å². The highest BCUT2D eigenvalue weighted by Gasteiger charge is 2.34. The van der Waals surface area contributed by atoms with Crippen LogP contribution in [0.15, 0.2) is 36.2 Å². The minimum atomic E-state index is -0.0874. The van der Waals surface area contributed by atoms with Gasteiger partial charge in [-0.15, -0.1) is 0 Å². The summed E-state index contributed by atoms with van der Waals surface area (Å²) >= 11 is 0. The molecule has 3 aliphatic heterocycles. The highest BCUT2D eigenvalue weighted by molar-refractivity contribution is 6.15. The summed E-state index contributed by atoms with van der Waals surface area (Å²) in [7, 11) is 1.66. The minimum Gasteiger partial charge on any atom is -0.497 e. The van der Waals surface area contributed by atoms with E-state index in [1.807, 2.05) is 37.3 Å². The number of rotatable bonds is 7.